The highest BCUT2D eigenvalue weighted by Gasteiger charge is 2.15. The van der Waals surface area contributed by atoms with E-state index in [1.54, 1.807) is 28.4 Å². The largest absolute Gasteiger partial charge is 0.496 e. The highest BCUT2D eigenvalue weighted by atomic mass is 35.5. The minimum atomic E-state index is 0.487. The van der Waals surface area contributed by atoms with E-state index in [1.165, 1.54) is 0 Å². The molecule has 0 unspecified atom stereocenters. The zero-order valence-corrected chi connectivity index (χ0v) is 17.4. The number of methoxy groups -OCH3 is 3. The van der Waals surface area contributed by atoms with Gasteiger partial charge in [-0.1, -0.05) is 11.6 Å². The van der Waals surface area contributed by atoms with Crippen LogP contribution < -0.4 is 19.5 Å². The van der Waals surface area contributed by atoms with Crippen LogP contribution in [0, 0.1) is 0 Å². The van der Waals surface area contributed by atoms with E-state index < -0.39 is 0 Å². The third-order valence-corrected chi connectivity index (χ3v) is 4.49. The number of nitrogens with one attached hydrogen (secondary N) is 1. The summed E-state index contributed by atoms with van der Waals surface area (Å²) in [7, 11) is 10.5. The second-order valence-corrected chi connectivity index (χ2v) is 6.46. The molecule has 1 N–H and O–H groups in total. The number of rotatable bonds is 7. The van der Waals surface area contributed by atoms with Crippen LogP contribution >= 0.6 is 11.6 Å². The Morgan fingerprint density at radius 1 is 1.15 bits per heavy atom. The average molecular weight is 395 g/mol. The number of ether oxygens (including phenoxy) is 3. The molecule has 0 aliphatic carbocycles. The maximum Gasteiger partial charge on any atom is 0.194 e. The quantitative estimate of drug-likeness (QED) is 0.578. The van der Waals surface area contributed by atoms with E-state index in [0.717, 1.165) is 22.2 Å². The summed E-state index contributed by atoms with van der Waals surface area (Å²) in [6.45, 7) is 1.15. The Labute approximate surface area is 165 Å². The molecule has 0 aliphatic rings. The van der Waals surface area contributed by atoms with Gasteiger partial charge in [-0.3, -0.25) is 4.99 Å². The first-order chi connectivity index (χ1) is 12.9. The Kier molecular flexibility index (Phi) is 7.24. The van der Waals surface area contributed by atoms with Crippen LogP contribution in [-0.4, -0.2) is 50.9 Å². The first kappa shape index (κ1) is 20.8. The van der Waals surface area contributed by atoms with Crippen molar-refractivity contribution in [2.75, 3.05) is 35.4 Å². The monoisotopic (exact) mass is 394 g/mol. The van der Waals surface area contributed by atoms with Crippen molar-refractivity contribution < 1.29 is 14.2 Å². The van der Waals surface area contributed by atoms with Crippen LogP contribution in [0.5, 0.6) is 17.2 Å². The molecule has 0 saturated carbocycles. The van der Waals surface area contributed by atoms with Crippen LogP contribution in [0.15, 0.2) is 29.4 Å². The predicted octanol–water partition coefficient (Wildman–Crippen LogP) is 2.91. The molecule has 27 heavy (non-hydrogen) atoms. The predicted molar refractivity (Wildman–Crippen MR) is 108 cm³/mol. The van der Waals surface area contributed by atoms with Crippen LogP contribution in [0.2, 0.25) is 5.02 Å². The van der Waals surface area contributed by atoms with Crippen LogP contribution in [-0.2, 0) is 20.1 Å². The number of hydrogen-bond acceptors (Lipinski definition) is 4. The summed E-state index contributed by atoms with van der Waals surface area (Å²) >= 11 is 6.07. The summed E-state index contributed by atoms with van der Waals surface area (Å²) in [6.07, 6.45) is 1.88. The molecule has 0 saturated heterocycles. The van der Waals surface area contributed by atoms with E-state index >= 15 is 0 Å². The lowest BCUT2D eigenvalue weighted by atomic mass is 10.1. The summed E-state index contributed by atoms with van der Waals surface area (Å²) in [6, 6.07) is 5.61. The molecular formula is C19H27ClN4O3. The molecule has 0 fully saturated rings. The van der Waals surface area contributed by atoms with Crippen molar-refractivity contribution in [2.45, 2.75) is 13.1 Å². The maximum absolute atomic E-state index is 6.07. The zero-order valence-electron chi connectivity index (χ0n) is 16.7. The van der Waals surface area contributed by atoms with Gasteiger partial charge in [0.2, 0.25) is 0 Å². The van der Waals surface area contributed by atoms with Crippen molar-refractivity contribution in [3.63, 3.8) is 0 Å². The number of nitrogens with zero attached hydrogens (tertiary/aromatic N) is 3. The highest BCUT2D eigenvalue weighted by Crippen LogP contribution is 2.33. The topological polar surface area (TPSA) is 60.3 Å². The zero-order chi connectivity index (χ0) is 20.0. The van der Waals surface area contributed by atoms with Gasteiger partial charge in [-0.05, 0) is 6.07 Å². The molecule has 8 heteroatoms. The fourth-order valence-electron chi connectivity index (χ4n) is 2.85. The van der Waals surface area contributed by atoms with Gasteiger partial charge in [-0.2, -0.15) is 0 Å². The summed E-state index contributed by atoms with van der Waals surface area (Å²) < 4.78 is 18.3. The lowest BCUT2D eigenvalue weighted by molar-refractivity contribution is 0.367. The van der Waals surface area contributed by atoms with Crippen LogP contribution in [0.4, 0.5) is 0 Å². The molecule has 2 aromatic rings. The van der Waals surface area contributed by atoms with Gasteiger partial charge in [-0.25, -0.2) is 0 Å². The number of aliphatic imine (C=N–C) groups is 1. The number of aryl methyl sites for hydroxylation is 1. The van der Waals surface area contributed by atoms with Crippen molar-refractivity contribution in [3.05, 3.63) is 40.7 Å². The maximum atomic E-state index is 6.07. The van der Waals surface area contributed by atoms with Gasteiger partial charge in [0, 0.05) is 45.2 Å². The molecule has 0 amide bonds. The Hall–Kier alpha value is -2.54. The number of hydrogen-bond donors (Lipinski definition) is 1. The number of guanidine groups is 1. The summed E-state index contributed by atoms with van der Waals surface area (Å²) in [4.78, 5) is 6.39. The van der Waals surface area contributed by atoms with Crippen LogP contribution in [0.25, 0.3) is 0 Å². The molecule has 7 nitrogen and oxygen atoms in total. The van der Waals surface area contributed by atoms with E-state index in [-0.39, 0.29) is 0 Å². The van der Waals surface area contributed by atoms with E-state index in [1.807, 2.05) is 48.0 Å². The van der Waals surface area contributed by atoms with Gasteiger partial charge in [0.05, 0.1) is 45.0 Å². The van der Waals surface area contributed by atoms with Crippen molar-refractivity contribution in [2.24, 2.45) is 12.0 Å². The summed E-state index contributed by atoms with van der Waals surface area (Å²) in [5.41, 5.74) is 1.97. The highest BCUT2D eigenvalue weighted by molar-refractivity contribution is 6.30. The van der Waals surface area contributed by atoms with Crippen molar-refractivity contribution in [1.82, 2.24) is 14.8 Å². The smallest absolute Gasteiger partial charge is 0.194 e. The molecule has 0 aliphatic heterocycles. The SMILES string of the molecule is CN=C(NCc1c(OC)cc(OC)cc1OC)N(C)Cc1cc(Cl)cn1C. The Balaban J connectivity index is 2.14. The molecule has 0 bridgehead atoms. The molecule has 0 atom stereocenters. The fraction of sp³-hybridized carbons (Fsp3) is 0.421. The summed E-state index contributed by atoms with van der Waals surface area (Å²) in [5, 5.41) is 4.07. The first-order valence-electron chi connectivity index (χ1n) is 8.44. The lowest BCUT2D eigenvalue weighted by Crippen LogP contribution is -2.38. The van der Waals surface area contributed by atoms with Gasteiger partial charge in [0.15, 0.2) is 5.96 Å². The van der Waals surface area contributed by atoms with E-state index in [2.05, 4.69) is 10.3 Å². The van der Waals surface area contributed by atoms with E-state index in [4.69, 9.17) is 25.8 Å². The van der Waals surface area contributed by atoms with Crippen LogP contribution in [0.3, 0.4) is 0 Å². The molecule has 1 aromatic heterocycles. The molecule has 1 aromatic carbocycles. The Bertz CT molecular complexity index is 779. The summed E-state index contributed by atoms with van der Waals surface area (Å²) in [5.74, 6) is 2.79. The number of halogens is 1. The van der Waals surface area contributed by atoms with Gasteiger partial charge in [0.1, 0.15) is 17.2 Å². The average Bonchev–Trinajstić information content (AvgIpc) is 2.98. The molecule has 1 heterocycles. The normalized spacial score (nSPS) is 11.3. The number of benzene rings is 1. The first-order valence-corrected chi connectivity index (χ1v) is 8.82. The minimum absolute atomic E-state index is 0.487. The van der Waals surface area contributed by atoms with Crippen LogP contribution in [0.1, 0.15) is 11.3 Å². The lowest BCUT2D eigenvalue weighted by Gasteiger charge is -2.23. The number of aromatic nitrogens is 1. The van der Waals surface area contributed by atoms with Crippen molar-refractivity contribution >= 4 is 17.6 Å². The molecule has 0 radical (unpaired) electrons. The van der Waals surface area contributed by atoms with Crippen molar-refractivity contribution in [1.29, 1.82) is 0 Å². The van der Waals surface area contributed by atoms with Gasteiger partial charge >= 0.3 is 0 Å². The second-order valence-electron chi connectivity index (χ2n) is 6.03. The van der Waals surface area contributed by atoms with E-state index in [9.17, 15) is 0 Å². The van der Waals surface area contributed by atoms with Crippen molar-refractivity contribution in [3.8, 4) is 17.2 Å². The fourth-order valence-corrected chi connectivity index (χ4v) is 3.12. The van der Waals surface area contributed by atoms with Gasteiger partial charge < -0.3 is 29.0 Å². The Morgan fingerprint density at radius 2 is 1.78 bits per heavy atom. The van der Waals surface area contributed by atoms with Gasteiger partial charge in [-0.15, -0.1) is 0 Å². The minimum Gasteiger partial charge on any atom is -0.496 e. The molecule has 148 valence electrons. The van der Waals surface area contributed by atoms with Gasteiger partial charge in [0.25, 0.3) is 0 Å². The Morgan fingerprint density at radius 3 is 2.22 bits per heavy atom. The standard InChI is InChI=1S/C19H27ClN4O3/c1-21-19(24(3)12-14-7-13(20)11-23(14)2)22-10-16-17(26-5)8-15(25-4)9-18(16)27-6/h7-9,11H,10,12H2,1-6H3,(H,21,22). The third-order valence-electron chi connectivity index (χ3n) is 4.29. The molecule has 0 spiro atoms. The van der Waals surface area contributed by atoms with E-state index in [0.29, 0.717) is 30.3 Å². The molecule has 2 rings (SSSR count). The third kappa shape index (κ3) is 5.01. The molecular weight excluding hydrogens is 368 g/mol. The second kappa shape index (κ2) is 9.41.